The first-order chi connectivity index (χ1) is 8.45. The van der Waals surface area contributed by atoms with E-state index in [1.54, 1.807) is 7.11 Å². The van der Waals surface area contributed by atoms with Crippen LogP contribution >= 0.6 is 15.9 Å². The van der Waals surface area contributed by atoms with Crippen LogP contribution in [0.1, 0.15) is 16.7 Å². The fourth-order valence-electron chi connectivity index (χ4n) is 2.16. The number of H-pyrrole nitrogens is 1. The third kappa shape index (κ3) is 1.99. The molecule has 0 saturated carbocycles. The van der Waals surface area contributed by atoms with Crippen LogP contribution in [0.4, 0.5) is 5.95 Å². The van der Waals surface area contributed by atoms with Crippen molar-refractivity contribution in [2.45, 2.75) is 20.8 Å². The number of aromatic nitrogens is 2. The van der Waals surface area contributed by atoms with E-state index in [2.05, 4.69) is 32.8 Å². The van der Waals surface area contributed by atoms with Gasteiger partial charge < -0.3 is 15.5 Å². The highest BCUT2D eigenvalue weighted by molar-refractivity contribution is 9.10. The standard InChI is InChI=1S/C13H16BrN3O/c1-6-5-9(18-4)7(2)8(3)10(6)11-12(14)17-13(15)16-11/h5H,1-4H3,(H3,15,16,17). The zero-order chi connectivity index (χ0) is 13.4. The highest BCUT2D eigenvalue weighted by Gasteiger charge is 2.17. The van der Waals surface area contributed by atoms with Crippen LogP contribution in [0.5, 0.6) is 5.75 Å². The summed E-state index contributed by atoms with van der Waals surface area (Å²) in [5.41, 5.74) is 11.0. The Labute approximate surface area is 115 Å². The van der Waals surface area contributed by atoms with E-state index < -0.39 is 0 Å². The predicted octanol–water partition coefficient (Wildman–Crippen LogP) is 3.36. The number of rotatable bonds is 2. The third-order valence-electron chi connectivity index (χ3n) is 3.18. The van der Waals surface area contributed by atoms with Crippen molar-refractivity contribution in [2.75, 3.05) is 12.8 Å². The molecule has 4 nitrogen and oxygen atoms in total. The molecule has 0 bridgehead atoms. The second-order valence-electron chi connectivity index (χ2n) is 4.31. The number of ether oxygens (including phenoxy) is 1. The summed E-state index contributed by atoms with van der Waals surface area (Å²) in [4.78, 5) is 7.29. The van der Waals surface area contributed by atoms with Crippen LogP contribution in [0.2, 0.25) is 0 Å². The summed E-state index contributed by atoms with van der Waals surface area (Å²) in [5, 5.41) is 0. The van der Waals surface area contributed by atoms with Crippen LogP contribution in [-0.4, -0.2) is 17.1 Å². The molecule has 1 aromatic heterocycles. The van der Waals surface area contributed by atoms with E-state index in [1.807, 2.05) is 19.9 Å². The first-order valence-electron chi connectivity index (χ1n) is 5.61. The molecular weight excluding hydrogens is 294 g/mol. The number of hydrogen-bond donors (Lipinski definition) is 2. The predicted molar refractivity (Wildman–Crippen MR) is 76.9 cm³/mol. The number of methoxy groups -OCH3 is 1. The van der Waals surface area contributed by atoms with Crippen molar-refractivity contribution in [3.05, 3.63) is 27.4 Å². The number of halogens is 1. The van der Waals surface area contributed by atoms with Gasteiger partial charge in [-0.1, -0.05) is 0 Å². The summed E-state index contributed by atoms with van der Waals surface area (Å²) >= 11 is 3.45. The Morgan fingerprint density at radius 1 is 1.28 bits per heavy atom. The molecule has 0 aliphatic heterocycles. The van der Waals surface area contributed by atoms with Gasteiger partial charge in [0.05, 0.1) is 7.11 Å². The number of nitrogen functional groups attached to an aromatic ring is 1. The van der Waals surface area contributed by atoms with Crippen molar-refractivity contribution in [3.63, 3.8) is 0 Å². The van der Waals surface area contributed by atoms with Gasteiger partial charge >= 0.3 is 0 Å². The maximum Gasteiger partial charge on any atom is 0.198 e. The lowest BCUT2D eigenvalue weighted by Gasteiger charge is -2.14. The van der Waals surface area contributed by atoms with E-state index in [4.69, 9.17) is 10.5 Å². The summed E-state index contributed by atoms with van der Waals surface area (Å²) < 4.78 is 6.17. The Kier molecular flexibility index (Phi) is 3.34. The lowest BCUT2D eigenvalue weighted by atomic mass is 9.95. The number of imidazole rings is 1. The molecule has 2 aromatic rings. The summed E-state index contributed by atoms with van der Waals surface area (Å²) in [6, 6.07) is 2.02. The van der Waals surface area contributed by atoms with Crippen LogP contribution in [-0.2, 0) is 0 Å². The SMILES string of the molecule is COc1cc(C)c(-c2nc(N)[nH]c2Br)c(C)c1C. The van der Waals surface area contributed by atoms with Crippen molar-refractivity contribution in [1.82, 2.24) is 9.97 Å². The van der Waals surface area contributed by atoms with Crippen LogP contribution in [0.3, 0.4) is 0 Å². The maximum absolute atomic E-state index is 5.69. The first kappa shape index (κ1) is 13.0. The number of anilines is 1. The largest absolute Gasteiger partial charge is 0.496 e. The number of aryl methyl sites for hydroxylation is 1. The molecule has 0 radical (unpaired) electrons. The minimum Gasteiger partial charge on any atom is -0.496 e. The molecule has 0 unspecified atom stereocenters. The summed E-state index contributed by atoms with van der Waals surface area (Å²) in [6.45, 7) is 6.15. The molecule has 0 fully saturated rings. The number of nitrogens with one attached hydrogen (secondary N) is 1. The highest BCUT2D eigenvalue weighted by atomic mass is 79.9. The van der Waals surface area contributed by atoms with E-state index in [1.165, 1.54) is 0 Å². The Balaban J connectivity index is 2.72. The van der Waals surface area contributed by atoms with Crippen LogP contribution in [0.25, 0.3) is 11.3 Å². The molecule has 1 heterocycles. The average molecular weight is 310 g/mol. The second kappa shape index (κ2) is 4.65. The van der Waals surface area contributed by atoms with Gasteiger partial charge in [-0.3, -0.25) is 0 Å². The average Bonchev–Trinajstić information content (AvgIpc) is 2.63. The normalized spacial score (nSPS) is 10.7. The van der Waals surface area contributed by atoms with E-state index in [0.717, 1.165) is 38.3 Å². The molecular formula is C13H16BrN3O. The van der Waals surface area contributed by atoms with Crippen molar-refractivity contribution in [2.24, 2.45) is 0 Å². The molecule has 18 heavy (non-hydrogen) atoms. The van der Waals surface area contributed by atoms with Gasteiger partial charge in [-0.25, -0.2) is 4.98 Å². The fraction of sp³-hybridized carbons (Fsp3) is 0.308. The van der Waals surface area contributed by atoms with Gasteiger partial charge in [0.25, 0.3) is 0 Å². The smallest absolute Gasteiger partial charge is 0.198 e. The van der Waals surface area contributed by atoms with Crippen LogP contribution in [0, 0.1) is 20.8 Å². The van der Waals surface area contributed by atoms with Crippen molar-refractivity contribution >= 4 is 21.9 Å². The second-order valence-corrected chi connectivity index (χ2v) is 5.10. The maximum atomic E-state index is 5.69. The van der Waals surface area contributed by atoms with E-state index in [9.17, 15) is 0 Å². The molecule has 96 valence electrons. The topological polar surface area (TPSA) is 63.9 Å². The van der Waals surface area contributed by atoms with E-state index in [-0.39, 0.29) is 0 Å². The van der Waals surface area contributed by atoms with Gasteiger partial charge in [0.1, 0.15) is 16.0 Å². The summed E-state index contributed by atoms with van der Waals surface area (Å²) in [6.07, 6.45) is 0. The van der Waals surface area contributed by atoms with Gasteiger partial charge in [0.15, 0.2) is 5.95 Å². The summed E-state index contributed by atoms with van der Waals surface area (Å²) in [7, 11) is 1.68. The van der Waals surface area contributed by atoms with Crippen molar-refractivity contribution < 1.29 is 4.74 Å². The molecule has 0 aliphatic rings. The lowest BCUT2D eigenvalue weighted by molar-refractivity contribution is 0.411. The number of aromatic amines is 1. The molecule has 0 amide bonds. The van der Waals surface area contributed by atoms with Crippen LogP contribution < -0.4 is 10.5 Å². The Hall–Kier alpha value is -1.49. The van der Waals surface area contributed by atoms with Gasteiger partial charge in [0.2, 0.25) is 0 Å². The number of nitrogens with two attached hydrogens (primary N) is 1. The number of hydrogen-bond acceptors (Lipinski definition) is 3. The molecule has 3 N–H and O–H groups in total. The molecule has 0 atom stereocenters. The summed E-state index contributed by atoms with van der Waals surface area (Å²) in [5.74, 6) is 1.30. The van der Waals surface area contributed by atoms with Gasteiger partial charge in [-0.15, -0.1) is 0 Å². The molecule has 0 spiro atoms. The first-order valence-corrected chi connectivity index (χ1v) is 6.41. The van der Waals surface area contributed by atoms with Crippen molar-refractivity contribution in [3.8, 4) is 17.0 Å². The fourth-order valence-corrected chi connectivity index (χ4v) is 2.65. The molecule has 2 rings (SSSR count). The van der Waals surface area contributed by atoms with Crippen LogP contribution in [0.15, 0.2) is 10.7 Å². The minimum atomic E-state index is 0.407. The monoisotopic (exact) mass is 309 g/mol. The lowest BCUT2D eigenvalue weighted by Crippen LogP contribution is -1.97. The minimum absolute atomic E-state index is 0.407. The third-order valence-corrected chi connectivity index (χ3v) is 3.76. The molecule has 0 saturated heterocycles. The number of nitrogens with zero attached hydrogens (tertiary/aromatic N) is 1. The molecule has 0 aliphatic carbocycles. The highest BCUT2D eigenvalue weighted by Crippen LogP contribution is 2.36. The van der Waals surface area contributed by atoms with Gasteiger partial charge in [-0.2, -0.15) is 0 Å². The van der Waals surface area contributed by atoms with Crippen molar-refractivity contribution in [1.29, 1.82) is 0 Å². The van der Waals surface area contributed by atoms with E-state index >= 15 is 0 Å². The van der Waals surface area contributed by atoms with Gasteiger partial charge in [0, 0.05) is 5.56 Å². The zero-order valence-corrected chi connectivity index (χ0v) is 12.5. The quantitative estimate of drug-likeness (QED) is 0.894. The van der Waals surface area contributed by atoms with E-state index in [0.29, 0.717) is 5.95 Å². The Morgan fingerprint density at radius 3 is 2.44 bits per heavy atom. The molecule has 5 heteroatoms. The number of benzene rings is 1. The Bertz CT molecular complexity index is 605. The zero-order valence-electron chi connectivity index (χ0n) is 10.9. The Morgan fingerprint density at radius 2 is 1.94 bits per heavy atom. The molecule has 1 aromatic carbocycles. The van der Waals surface area contributed by atoms with Gasteiger partial charge in [-0.05, 0) is 59.5 Å².